The van der Waals surface area contributed by atoms with E-state index in [0.29, 0.717) is 12.8 Å². The zero-order valence-electron chi connectivity index (χ0n) is 11.3. The van der Waals surface area contributed by atoms with E-state index in [0.717, 1.165) is 22.1 Å². The number of hydrogen-bond acceptors (Lipinski definition) is 2. The van der Waals surface area contributed by atoms with Crippen molar-refractivity contribution in [3.05, 3.63) is 42.0 Å². The first-order valence-electron chi connectivity index (χ1n) is 6.41. The summed E-state index contributed by atoms with van der Waals surface area (Å²) in [6.07, 6.45) is 0.747. The van der Waals surface area contributed by atoms with Crippen molar-refractivity contribution in [1.29, 1.82) is 0 Å². The van der Waals surface area contributed by atoms with Crippen LogP contribution < -0.4 is 4.74 Å². The van der Waals surface area contributed by atoms with Gasteiger partial charge in [0, 0.05) is 12.0 Å². The average molecular weight is 254 g/mol. The monoisotopic (exact) mass is 254 g/mol. The Kier molecular flexibility index (Phi) is 4.43. The van der Waals surface area contributed by atoms with Crippen LogP contribution in [0.4, 0.5) is 0 Å². The smallest absolute Gasteiger partial charge is 0.125 e. The summed E-state index contributed by atoms with van der Waals surface area (Å²) in [5.41, 5.74) is 0.860. The molecule has 19 heavy (non-hydrogen) atoms. The van der Waals surface area contributed by atoms with Gasteiger partial charge in [-0.3, -0.25) is 0 Å². The molecule has 0 aliphatic rings. The zero-order chi connectivity index (χ0) is 13.7. The van der Waals surface area contributed by atoms with E-state index in [1.54, 1.807) is 7.11 Å². The topological polar surface area (TPSA) is 29.5 Å². The predicted molar refractivity (Wildman–Crippen MR) is 78.1 cm³/mol. The van der Waals surface area contributed by atoms with Crippen molar-refractivity contribution in [1.82, 2.24) is 0 Å². The number of hydrogen-bond donors (Lipinski definition) is 1. The molecule has 0 bridgehead atoms. The van der Waals surface area contributed by atoms with E-state index in [9.17, 15) is 5.11 Å². The first kappa shape index (κ1) is 13.5. The molecule has 1 atom stereocenters. The first-order valence-corrected chi connectivity index (χ1v) is 6.41. The highest BCUT2D eigenvalue weighted by Gasteiger charge is 2.16. The fourth-order valence-electron chi connectivity index (χ4n) is 2.28. The Labute approximate surface area is 114 Å². The normalized spacial score (nSPS) is 11.7. The summed E-state index contributed by atoms with van der Waals surface area (Å²) in [5, 5.41) is 12.6. The Hall–Kier alpha value is -1.98. The minimum atomic E-state index is -0.554. The summed E-state index contributed by atoms with van der Waals surface area (Å²) in [6, 6.07) is 11.9. The second-order valence-corrected chi connectivity index (χ2v) is 4.38. The molecule has 0 aromatic heterocycles. The van der Waals surface area contributed by atoms with Crippen LogP contribution in [-0.2, 0) is 0 Å². The molecule has 0 amide bonds. The van der Waals surface area contributed by atoms with E-state index in [1.807, 2.05) is 43.3 Å². The fraction of sp³-hybridized carbons (Fsp3) is 0.294. The Morgan fingerprint density at radius 1 is 1.21 bits per heavy atom. The molecule has 2 aromatic rings. The Morgan fingerprint density at radius 3 is 2.74 bits per heavy atom. The van der Waals surface area contributed by atoms with Crippen LogP contribution in [0.15, 0.2) is 36.4 Å². The summed E-state index contributed by atoms with van der Waals surface area (Å²) < 4.78 is 5.38. The van der Waals surface area contributed by atoms with Crippen LogP contribution in [0.5, 0.6) is 5.75 Å². The second kappa shape index (κ2) is 6.26. The predicted octanol–water partition coefficient (Wildman–Crippen LogP) is 3.69. The maximum Gasteiger partial charge on any atom is 0.125 e. The van der Waals surface area contributed by atoms with E-state index in [4.69, 9.17) is 4.74 Å². The van der Waals surface area contributed by atoms with Gasteiger partial charge in [0.05, 0.1) is 13.2 Å². The quantitative estimate of drug-likeness (QED) is 0.843. The standard InChI is InChI=1S/C17H18O2/c1-3-4-5-10-15(18)17-14-9-7-6-8-13(14)11-12-16(17)19-2/h6-9,11-12,15,18H,5,10H2,1-2H3. The van der Waals surface area contributed by atoms with Crippen molar-refractivity contribution in [3.63, 3.8) is 0 Å². The number of benzene rings is 2. The highest BCUT2D eigenvalue weighted by atomic mass is 16.5. The Bertz CT molecular complexity index is 620. The summed E-state index contributed by atoms with van der Waals surface area (Å²) in [6.45, 7) is 1.81. The minimum Gasteiger partial charge on any atom is -0.496 e. The molecule has 1 N–H and O–H groups in total. The highest BCUT2D eigenvalue weighted by molar-refractivity contribution is 5.88. The van der Waals surface area contributed by atoms with Crippen molar-refractivity contribution in [2.24, 2.45) is 0 Å². The van der Waals surface area contributed by atoms with E-state index < -0.39 is 6.10 Å². The third-order valence-electron chi connectivity index (χ3n) is 3.20. The van der Waals surface area contributed by atoms with Gasteiger partial charge in [-0.05, 0) is 30.2 Å². The number of fused-ring (bicyclic) bond motifs is 1. The van der Waals surface area contributed by atoms with Crippen LogP contribution in [0.3, 0.4) is 0 Å². The molecule has 2 nitrogen and oxygen atoms in total. The zero-order valence-corrected chi connectivity index (χ0v) is 11.3. The maximum atomic E-state index is 10.4. The summed E-state index contributed by atoms with van der Waals surface area (Å²) in [7, 11) is 1.63. The van der Waals surface area contributed by atoms with E-state index in [1.165, 1.54) is 0 Å². The van der Waals surface area contributed by atoms with Gasteiger partial charge in [0.1, 0.15) is 5.75 Å². The lowest BCUT2D eigenvalue weighted by molar-refractivity contribution is 0.167. The van der Waals surface area contributed by atoms with Crippen LogP contribution in [0.1, 0.15) is 31.4 Å². The van der Waals surface area contributed by atoms with Gasteiger partial charge in [0.15, 0.2) is 0 Å². The van der Waals surface area contributed by atoms with Crippen LogP contribution in [0, 0.1) is 11.8 Å². The van der Waals surface area contributed by atoms with Gasteiger partial charge in [0.25, 0.3) is 0 Å². The summed E-state index contributed by atoms with van der Waals surface area (Å²) in [4.78, 5) is 0. The number of aliphatic hydroxyl groups is 1. The third-order valence-corrected chi connectivity index (χ3v) is 3.20. The van der Waals surface area contributed by atoms with Gasteiger partial charge < -0.3 is 9.84 Å². The molecule has 2 heteroatoms. The molecule has 0 radical (unpaired) electrons. The molecule has 0 aliphatic carbocycles. The Morgan fingerprint density at radius 2 is 2.00 bits per heavy atom. The number of rotatable bonds is 4. The molecule has 0 aliphatic heterocycles. The lowest BCUT2D eigenvalue weighted by atomic mass is 9.97. The minimum absolute atomic E-state index is 0.554. The summed E-state index contributed by atoms with van der Waals surface area (Å²) >= 11 is 0. The lowest BCUT2D eigenvalue weighted by Crippen LogP contribution is -2.01. The van der Waals surface area contributed by atoms with Crippen LogP contribution in [-0.4, -0.2) is 12.2 Å². The van der Waals surface area contributed by atoms with Gasteiger partial charge in [-0.25, -0.2) is 0 Å². The SMILES string of the molecule is CC#CCCC(O)c1c(OC)ccc2ccccc12. The van der Waals surface area contributed by atoms with Crippen molar-refractivity contribution < 1.29 is 9.84 Å². The molecule has 1 unspecified atom stereocenters. The molecule has 98 valence electrons. The maximum absolute atomic E-state index is 10.4. The van der Waals surface area contributed by atoms with Gasteiger partial charge >= 0.3 is 0 Å². The van der Waals surface area contributed by atoms with Gasteiger partial charge in [-0.1, -0.05) is 30.3 Å². The highest BCUT2D eigenvalue weighted by Crippen LogP contribution is 2.34. The van der Waals surface area contributed by atoms with Crippen LogP contribution >= 0.6 is 0 Å². The molecule has 0 heterocycles. The van der Waals surface area contributed by atoms with Crippen molar-refractivity contribution in [2.45, 2.75) is 25.9 Å². The molecule has 0 spiro atoms. The van der Waals surface area contributed by atoms with E-state index >= 15 is 0 Å². The fourth-order valence-corrected chi connectivity index (χ4v) is 2.28. The Balaban J connectivity index is 2.45. The molecule has 2 rings (SSSR count). The molecule has 0 saturated heterocycles. The first-order chi connectivity index (χ1) is 9.27. The van der Waals surface area contributed by atoms with Gasteiger partial charge in [0.2, 0.25) is 0 Å². The van der Waals surface area contributed by atoms with E-state index in [2.05, 4.69) is 11.8 Å². The van der Waals surface area contributed by atoms with Gasteiger partial charge in [-0.15, -0.1) is 11.8 Å². The molecular formula is C17H18O2. The average Bonchev–Trinajstić information content (AvgIpc) is 2.46. The van der Waals surface area contributed by atoms with E-state index in [-0.39, 0.29) is 0 Å². The van der Waals surface area contributed by atoms with Crippen molar-refractivity contribution >= 4 is 10.8 Å². The summed E-state index contributed by atoms with van der Waals surface area (Å²) in [5.74, 6) is 6.56. The van der Waals surface area contributed by atoms with Crippen LogP contribution in [0.25, 0.3) is 10.8 Å². The van der Waals surface area contributed by atoms with Crippen molar-refractivity contribution in [2.75, 3.05) is 7.11 Å². The molecule has 2 aromatic carbocycles. The number of methoxy groups -OCH3 is 1. The number of aliphatic hydroxyl groups excluding tert-OH is 1. The second-order valence-electron chi connectivity index (χ2n) is 4.38. The molecule has 0 fully saturated rings. The molecule has 0 saturated carbocycles. The van der Waals surface area contributed by atoms with Crippen molar-refractivity contribution in [3.8, 4) is 17.6 Å². The third kappa shape index (κ3) is 2.89. The van der Waals surface area contributed by atoms with Gasteiger partial charge in [-0.2, -0.15) is 0 Å². The lowest BCUT2D eigenvalue weighted by Gasteiger charge is -2.16. The molecular weight excluding hydrogens is 236 g/mol. The number of ether oxygens (including phenoxy) is 1. The van der Waals surface area contributed by atoms with Crippen LogP contribution in [0.2, 0.25) is 0 Å². The largest absolute Gasteiger partial charge is 0.496 e.